The van der Waals surface area contributed by atoms with Crippen LogP contribution in [-0.2, 0) is 21.2 Å². The predicted molar refractivity (Wildman–Crippen MR) is 108 cm³/mol. The number of fused-ring (bicyclic) bond motifs is 2. The number of nitrogens with one attached hydrogen (secondary N) is 2. The molecule has 28 heavy (non-hydrogen) atoms. The minimum Gasteiger partial charge on any atom is -0.322 e. The average molecular weight is 397 g/mol. The molecule has 0 saturated carbocycles. The number of aromatic amines is 1. The summed E-state index contributed by atoms with van der Waals surface area (Å²) in [6.45, 7) is 1.72. The zero-order valence-electron chi connectivity index (χ0n) is 15.4. The Morgan fingerprint density at radius 1 is 1.04 bits per heavy atom. The topological polar surface area (TPSA) is 99.3 Å². The monoisotopic (exact) mass is 397 g/mol. The molecular formula is C20H19N3O4S. The van der Waals surface area contributed by atoms with Gasteiger partial charge in [0.1, 0.15) is 0 Å². The Bertz CT molecular complexity index is 1280. The van der Waals surface area contributed by atoms with Crippen LogP contribution < -0.4 is 15.2 Å². The van der Waals surface area contributed by atoms with Crippen molar-refractivity contribution in [1.82, 2.24) is 4.98 Å². The van der Waals surface area contributed by atoms with E-state index >= 15 is 0 Å². The Kier molecular flexibility index (Phi) is 4.23. The molecule has 1 aliphatic heterocycles. The molecule has 8 heteroatoms. The molecule has 3 aromatic rings. The fourth-order valence-corrected chi connectivity index (χ4v) is 4.49. The van der Waals surface area contributed by atoms with Crippen LogP contribution in [-0.4, -0.2) is 26.4 Å². The molecule has 0 atom stereocenters. The summed E-state index contributed by atoms with van der Waals surface area (Å²) in [6, 6.07) is 11.5. The summed E-state index contributed by atoms with van der Waals surface area (Å²) in [7, 11) is -2.13. The number of carbonyl (C=O) groups excluding carboxylic acids is 1. The molecule has 0 radical (unpaired) electrons. The van der Waals surface area contributed by atoms with Crippen molar-refractivity contribution in [2.75, 3.05) is 16.7 Å². The van der Waals surface area contributed by atoms with Gasteiger partial charge in [0.2, 0.25) is 5.91 Å². The number of amides is 1. The van der Waals surface area contributed by atoms with Gasteiger partial charge in [-0.05, 0) is 60.7 Å². The fraction of sp³-hybridized carbons (Fsp3) is 0.200. The molecule has 2 aromatic carbocycles. The molecule has 0 spiro atoms. The second-order valence-corrected chi connectivity index (χ2v) is 8.61. The lowest BCUT2D eigenvalue weighted by atomic mass is 10.0. The van der Waals surface area contributed by atoms with Gasteiger partial charge in [0.15, 0.2) is 0 Å². The third-order valence-electron chi connectivity index (χ3n) is 4.99. The number of pyridine rings is 1. The van der Waals surface area contributed by atoms with Gasteiger partial charge in [-0.3, -0.25) is 14.3 Å². The van der Waals surface area contributed by atoms with Crippen molar-refractivity contribution in [3.8, 4) is 0 Å². The van der Waals surface area contributed by atoms with Gasteiger partial charge < -0.3 is 9.88 Å². The van der Waals surface area contributed by atoms with Gasteiger partial charge in [-0.1, -0.05) is 6.07 Å². The van der Waals surface area contributed by atoms with Crippen LogP contribution in [0.15, 0.2) is 52.2 Å². The van der Waals surface area contributed by atoms with E-state index in [1.165, 1.54) is 6.07 Å². The van der Waals surface area contributed by atoms with Crippen molar-refractivity contribution >= 4 is 38.2 Å². The van der Waals surface area contributed by atoms with E-state index in [-0.39, 0.29) is 16.4 Å². The third-order valence-corrected chi connectivity index (χ3v) is 6.37. The van der Waals surface area contributed by atoms with Gasteiger partial charge in [0, 0.05) is 24.7 Å². The fourth-order valence-electron chi connectivity index (χ4n) is 3.39. The zero-order chi connectivity index (χ0) is 20.1. The normalized spacial score (nSPS) is 14.2. The molecule has 144 valence electrons. The molecule has 0 aliphatic carbocycles. The van der Waals surface area contributed by atoms with E-state index in [9.17, 15) is 18.0 Å². The van der Waals surface area contributed by atoms with Gasteiger partial charge in [0.25, 0.3) is 15.6 Å². The second kappa shape index (κ2) is 6.49. The summed E-state index contributed by atoms with van der Waals surface area (Å²) in [5.41, 5.74) is 2.86. The first-order valence-corrected chi connectivity index (χ1v) is 10.3. The van der Waals surface area contributed by atoms with Crippen LogP contribution in [0.4, 0.5) is 11.4 Å². The highest BCUT2D eigenvalue weighted by Crippen LogP contribution is 2.30. The Morgan fingerprint density at radius 3 is 2.61 bits per heavy atom. The van der Waals surface area contributed by atoms with Crippen LogP contribution >= 0.6 is 0 Å². The standard InChI is InChI=1S/C20H19N3O4S/c1-12-9-13-3-5-15(11-17(13)21-20(12)25)22-28(26,27)16-6-7-18-14(10-16)4-8-19(24)23(18)2/h3,5-7,9-11,22H,4,8H2,1-2H3,(H,21,25). The SMILES string of the molecule is Cc1cc2ccc(NS(=O)(=O)c3ccc4c(c3)CCC(=O)N4C)cc2[nH]c1=O. The van der Waals surface area contributed by atoms with Crippen LogP contribution in [0.1, 0.15) is 17.5 Å². The van der Waals surface area contributed by atoms with Crippen LogP contribution in [0, 0.1) is 6.92 Å². The average Bonchev–Trinajstić information content (AvgIpc) is 2.65. The smallest absolute Gasteiger partial charge is 0.261 e. The highest BCUT2D eigenvalue weighted by molar-refractivity contribution is 7.92. The highest BCUT2D eigenvalue weighted by Gasteiger charge is 2.23. The molecule has 1 amide bonds. The van der Waals surface area contributed by atoms with Crippen LogP contribution in [0.25, 0.3) is 10.9 Å². The summed E-state index contributed by atoms with van der Waals surface area (Å²) in [5.74, 6) is 0.0154. The molecule has 1 aliphatic rings. The number of H-pyrrole nitrogens is 1. The zero-order valence-corrected chi connectivity index (χ0v) is 16.3. The number of rotatable bonds is 3. The first-order chi connectivity index (χ1) is 13.2. The van der Waals surface area contributed by atoms with Gasteiger partial charge in [0.05, 0.1) is 16.1 Å². The van der Waals surface area contributed by atoms with E-state index in [1.54, 1.807) is 55.3 Å². The van der Waals surface area contributed by atoms with E-state index in [2.05, 4.69) is 9.71 Å². The summed E-state index contributed by atoms with van der Waals surface area (Å²) in [5, 5.41) is 0.821. The lowest BCUT2D eigenvalue weighted by molar-refractivity contribution is -0.118. The van der Waals surface area contributed by atoms with Crippen molar-refractivity contribution < 1.29 is 13.2 Å². The molecule has 1 aromatic heterocycles. The number of anilines is 2. The lowest BCUT2D eigenvalue weighted by Gasteiger charge is -2.26. The number of benzene rings is 2. The first-order valence-electron chi connectivity index (χ1n) is 8.80. The maximum atomic E-state index is 12.8. The maximum absolute atomic E-state index is 12.8. The van der Waals surface area contributed by atoms with E-state index in [1.807, 2.05) is 0 Å². The largest absolute Gasteiger partial charge is 0.322 e. The van der Waals surface area contributed by atoms with E-state index < -0.39 is 10.0 Å². The van der Waals surface area contributed by atoms with Crippen molar-refractivity contribution in [3.05, 3.63) is 63.9 Å². The van der Waals surface area contributed by atoms with Crippen molar-refractivity contribution in [3.63, 3.8) is 0 Å². The van der Waals surface area contributed by atoms with Crippen LogP contribution in [0.5, 0.6) is 0 Å². The van der Waals surface area contributed by atoms with Crippen LogP contribution in [0.2, 0.25) is 0 Å². The van der Waals surface area contributed by atoms with E-state index in [0.717, 1.165) is 16.6 Å². The predicted octanol–water partition coefficient (Wildman–Crippen LogP) is 2.55. The molecule has 0 fully saturated rings. The quantitative estimate of drug-likeness (QED) is 0.709. The molecule has 4 rings (SSSR count). The molecule has 7 nitrogen and oxygen atoms in total. The van der Waals surface area contributed by atoms with Gasteiger partial charge in [-0.25, -0.2) is 8.42 Å². The summed E-state index contributed by atoms with van der Waals surface area (Å²) < 4.78 is 28.2. The number of aryl methyl sites for hydroxylation is 2. The van der Waals surface area contributed by atoms with Crippen molar-refractivity contribution in [2.45, 2.75) is 24.7 Å². The Hall–Kier alpha value is -3.13. The van der Waals surface area contributed by atoms with Gasteiger partial charge in [-0.15, -0.1) is 0 Å². The highest BCUT2D eigenvalue weighted by atomic mass is 32.2. The number of aromatic nitrogens is 1. The molecule has 0 saturated heterocycles. The number of hydrogen-bond donors (Lipinski definition) is 2. The summed E-state index contributed by atoms with van der Waals surface area (Å²) in [4.78, 5) is 28.0. The Morgan fingerprint density at radius 2 is 1.82 bits per heavy atom. The van der Waals surface area contributed by atoms with E-state index in [0.29, 0.717) is 29.6 Å². The van der Waals surface area contributed by atoms with Gasteiger partial charge >= 0.3 is 0 Å². The lowest BCUT2D eigenvalue weighted by Crippen LogP contribution is -2.31. The number of nitrogens with zero attached hydrogens (tertiary/aromatic N) is 1. The van der Waals surface area contributed by atoms with Crippen molar-refractivity contribution in [1.29, 1.82) is 0 Å². The molecule has 2 N–H and O–H groups in total. The maximum Gasteiger partial charge on any atom is 0.261 e. The number of carbonyl (C=O) groups is 1. The van der Waals surface area contributed by atoms with Crippen LogP contribution in [0.3, 0.4) is 0 Å². The third kappa shape index (κ3) is 3.16. The molecule has 0 unspecified atom stereocenters. The second-order valence-electron chi connectivity index (χ2n) is 6.93. The van der Waals surface area contributed by atoms with Gasteiger partial charge in [-0.2, -0.15) is 0 Å². The summed E-state index contributed by atoms with van der Waals surface area (Å²) >= 11 is 0. The molecule has 2 heterocycles. The first kappa shape index (κ1) is 18.2. The Balaban J connectivity index is 1.68. The summed E-state index contributed by atoms with van der Waals surface area (Å²) in [6.07, 6.45) is 0.871. The molecular weight excluding hydrogens is 378 g/mol. The Labute approximate surface area is 162 Å². The van der Waals surface area contributed by atoms with E-state index in [4.69, 9.17) is 0 Å². The minimum absolute atomic E-state index is 0.0154. The van der Waals surface area contributed by atoms with Crippen molar-refractivity contribution in [2.24, 2.45) is 0 Å². The minimum atomic E-state index is -3.81. The molecule has 0 bridgehead atoms. The number of sulfonamides is 1. The number of hydrogen-bond acceptors (Lipinski definition) is 4.